The van der Waals surface area contributed by atoms with E-state index < -0.39 is 0 Å². The van der Waals surface area contributed by atoms with Crippen molar-refractivity contribution in [2.45, 2.75) is 13.5 Å². The lowest BCUT2D eigenvalue weighted by Crippen LogP contribution is -2.30. The summed E-state index contributed by atoms with van der Waals surface area (Å²) >= 11 is 9.48. The minimum atomic E-state index is -0.195. The van der Waals surface area contributed by atoms with E-state index in [9.17, 15) is 4.79 Å². The minimum absolute atomic E-state index is 0.195. The zero-order chi connectivity index (χ0) is 22.1. The van der Waals surface area contributed by atoms with Gasteiger partial charge in [-0.2, -0.15) is 0 Å². The first-order valence-corrected chi connectivity index (χ1v) is 12.1. The standard InChI is InChI=1S/C24H18ClN3O2S2/c1-2-30-17-10-7-12-19-21(17)27-24(32-19)28(14-15-8-5-6-13-26-15)23(29)22-20(25)16-9-3-4-11-18(16)31-22/h3-13H,2,14H2,1H3. The van der Waals surface area contributed by atoms with E-state index in [4.69, 9.17) is 21.3 Å². The smallest absolute Gasteiger partial charge is 0.272 e. The number of para-hydroxylation sites is 1. The van der Waals surface area contributed by atoms with Crippen LogP contribution in [0.1, 0.15) is 22.3 Å². The van der Waals surface area contributed by atoms with Gasteiger partial charge in [0.2, 0.25) is 0 Å². The van der Waals surface area contributed by atoms with Gasteiger partial charge in [0.1, 0.15) is 16.1 Å². The molecule has 0 N–H and O–H groups in total. The van der Waals surface area contributed by atoms with Crippen molar-refractivity contribution in [3.05, 3.63) is 82.5 Å². The van der Waals surface area contributed by atoms with Crippen LogP contribution in [-0.4, -0.2) is 22.5 Å². The van der Waals surface area contributed by atoms with E-state index in [1.54, 1.807) is 11.1 Å². The number of pyridine rings is 1. The van der Waals surface area contributed by atoms with Gasteiger partial charge in [0, 0.05) is 16.3 Å². The molecule has 5 nitrogen and oxygen atoms in total. The van der Waals surface area contributed by atoms with Crippen molar-refractivity contribution in [2.75, 3.05) is 11.5 Å². The Balaban J connectivity index is 1.62. The number of hydrogen-bond acceptors (Lipinski definition) is 6. The molecule has 0 spiro atoms. The molecule has 3 aromatic heterocycles. The number of halogens is 1. The van der Waals surface area contributed by atoms with Crippen molar-refractivity contribution >= 4 is 65.6 Å². The predicted octanol–water partition coefficient (Wildman–Crippen LogP) is 6.81. The van der Waals surface area contributed by atoms with E-state index in [2.05, 4.69) is 4.98 Å². The second-order valence-electron chi connectivity index (χ2n) is 6.99. The van der Waals surface area contributed by atoms with Crippen molar-refractivity contribution in [2.24, 2.45) is 0 Å². The summed E-state index contributed by atoms with van der Waals surface area (Å²) in [5, 5.41) is 1.93. The van der Waals surface area contributed by atoms with Gasteiger partial charge in [-0.25, -0.2) is 4.98 Å². The van der Waals surface area contributed by atoms with E-state index in [1.807, 2.05) is 67.6 Å². The highest BCUT2D eigenvalue weighted by Gasteiger charge is 2.27. The van der Waals surface area contributed by atoms with Crippen LogP contribution in [0.2, 0.25) is 5.02 Å². The first kappa shape index (κ1) is 20.9. The number of amides is 1. The molecule has 0 fully saturated rings. The molecule has 2 aromatic carbocycles. The van der Waals surface area contributed by atoms with Gasteiger partial charge in [-0.15, -0.1) is 11.3 Å². The summed E-state index contributed by atoms with van der Waals surface area (Å²) in [7, 11) is 0. The molecule has 0 bridgehead atoms. The summed E-state index contributed by atoms with van der Waals surface area (Å²) < 4.78 is 7.67. The fourth-order valence-electron chi connectivity index (χ4n) is 3.45. The maximum Gasteiger partial charge on any atom is 0.272 e. The van der Waals surface area contributed by atoms with Crippen LogP contribution in [0, 0.1) is 0 Å². The lowest BCUT2D eigenvalue weighted by molar-refractivity contribution is 0.0989. The molecule has 0 unspecified atom stereocenters. The highest BCUT2D eigenvalue weighted by atomic mass is 35.5. The van der Waals surface area contributed by atoms with E-state index in [0.29, 0.717) is 27.4 Å². The predicted molar refractivity (Wildman–Crippen MR) is 132 cm³/mol. The molecule has 0 atom stereocenters. The molecule has 5 aromatic rings. The van der Waals surface area contributed by atoms with Crippen molar-refractivity contribution in [3.8, 4) is 5.75 Å². The Morgan fingerprint density at radius 3 is 2.62 bits per heavy atom. The Morgan fingerprint density at radius 1 is 1.03 bits per heavy atom. The molecule has 160 valence electrons. The average molecular weight is 480 g/mol. The van der Waals surface area contributed by atoms with Gasteiger partial charge in [0.25, 0.3) is 5.91 Å². The highest BCUT2D eigenvalue weighted by Crippen LogP contribution is 2.39. The number of nitrogens with zero attached hydrogens (tertiary/aromatic N) is 3. The molecular formula is C24H18ClN3O2S2. The van der Waals surface area contributed by atoms with Gasteiger partial charge in [-0.1, -0.05) is 53.3 Å². The monoisotopic (exact) mass is 479 g/mol. The van der Waals surface area contributed by atoms with Gasteiger partial charge >= 0.3 is 0 Å². The van der Waals surface area contributed by atoms with Gasteiger partial charge in [-0.3, -0.25) is 14.7 Å². The molecule has 0 aliphatic rings. The molecule has 32 heavy (non-hydrogen) atoms. The number of aromatic nitrogens is 2. The van der Waals surface area contributed by atoms with E-state index >= 15 is 0 Å². The van der Waals surface area contributed by atoms with Gasteiger partial charge < -0.3 is 4.74 Å². The number of fused-ring (bicyclic) bond motifs is 2. The minimum Gasteiger partial charge on any atom is -0.492 e. The molecule has 3 heterocycles. The van der Waals surface area contributed by atoms with Crippen LogP contribution >= 0.6 is 34.3 Å². The zero-order valence-corrected chi connectivity index (χ0v) is 19.5. The van der Waals surface area contributed by atoms with Gasteiger partial charge in [0.05, 0.1) is 28.6 Å². The number of benzene rings is 2. The second kappa shape index (κ2) is 8.86. The van der Waals surface area contributed by atoms with Crippen LogP contribution in [0.25, 0.3) is 20.3 Å². The number of carbonyl (C=O) groups excluding carboxylic acids is 1. The third kappa shape index (κ3) is 3.83. The molecule has 0 radical (unpaired) electrons. The maximum atomic E-state index is 13.8. The summed E-state index contributed by atoms with van der Waals surface area (Å²) in [5.74, 6) is 0.511. The molecule has 1 amide bonds. The summed E-state index contributed by atoms with van der Waals surface area (Å²) in [6.07, 6.45) is 1.72. The Morgan fingerprint density at radius 2 is 1.84 bits per heavy atom. The highest BCUT2D eigenvalue weighted by molar-refractivity contribution is 7.23. The number of ether oxygens (including phenoxy) is 1. The zero-order valence-electron chi connectivity index (χ0n) is 17.1. The Hall–Kier alpha value is -3.00. The maximum absolute atomic E-state index is 13.8. The van der Waals surface area contributed by atoms with Gasteiger partial charge in [0.15, 0.2) is 5.13 Å². The van der Waals surface area contributed by atoms with Crippen molar-refractivity contribution in [1.82, 2.24) is 9.97 Å². The average Bonchev–Trinajstić information content (AvgIpc) is 3.40. The molecule has 8 heteroatoms. The van der Waals surface area contributed by atoms with Crippen molar-refractivity contribution in [3.63, 3.8) is 0 Å². The number of thiazole rings is 1. The topological polar surface area (TPSA) is 55.3 Å². The number of rotatable bonds is 6. The van der Waals surface area contributed by atoms with Crippen LogP contribution < -0.4 is 9.64 Å². The normalized spacial score (nSPS) is 11.2. The number of thiophene rings is 1. The molecule has 0 aliphatic heterocycles. The van der Waals surface area contributed by atoms with E-state index in [1.165, 1.54) is 22.7 Å². The second-order valence-corrected chi connectivity index (χ2v) is 9.43. The summed E-state index contributed by atoms with van der Waals surface area (Å²) in [6, 6.07) is 19.2. The van der Waals surface area contributed by atoms with E-state index in [0.717, 1.165) is 26.0 Å². The Kier molecular flexibility index (Phi) is 5.78. The number of anilines is 1. The van der Waals surface area contributed by atoms with Crippen molar-refractivity contribution in [1.29, 1.82) is 0 Å². The molecular weight excluding hydrogens is 462 g/mol. The number of carbonyl (C=O) groups is 1. The van der Waals surface area contributed by atoms with Crippen LogP contribution in [0.5, 0.6) is 5.75 Å². The van der Waals surface area contributed by atoms with Crippen LogP contribution in [-0.2, 0) is 6.54 Å². The number of hydrogen-bond donors (Lipinski definition) is 0. The lowest BCUT2D eigenvalue weighted by atomic mass is 10.2. The summed E-state index contributed by atoms with van der Waals surface area (Å²) in [6.45, 7) is 2.76. The SMILES string of the molecule is CCOc1cccc2sc(N(Cc3ccccn3)C(=O)c3sc4ccccc4c3Cl)nc12. The fourth-order valence-corrected chi connectivity index (χ4v) is 5.89. The van der Waals surface area contributed by atoms with Crippen LogP contribution in [0.4, 0.5) is 5.13 Å². The first-order valence-electron chi connectivity index (χ1n) is 10.1. The molecule has 0 aliphatic carbocycles. The molecule has 0 saturated heterocycles. The fraction of sp³-hybridized carbons (Fsp3) is 0.125. The Bertz CT molecular complexity index is 1420. The van der Waals surface area contributed by atoms with Crippen LogP contribution in [0.3, 0.4) is 0 Å². The molecule has 0 saturated carbocycles. The summed E-state index contributed by atoms with van der Waals surface area (Å²) in [5.41, 5.74) is 1.51. The summed E-state index contributed by atoms with van der Waals surface area (Å²) in [4.78, 5) is 25.1. The van der Waals surface area contributed by atoms with E-state index in [-0.39, 0.29) is 12.5 Å². The quantitative estimate of drug-likeness (QED) is 0.268. The third-order valence-electron chi connectivity index (χ3n) is 4.92. The third-order valence-corrected chi connectivity index (χ3v) is 7.63. The Labute approximate surface area is 197 Å². The lowest BCUT2D eigenvalue weighted by Gasteiger charge is -2.19. The van der Waals surface area contributed by atoms with Crippen molar-refractivity contribution < 1.29 is 9.53 Å². The van der Waals surface area contributed by atoms with Crippen LogP contribution in [0.15, 0.2) is 66.9 Å². The molecule has 5 rings (SSSR count). The first-order chi connectivity index (χ1) is 15.7. The largest absolute Gasteiger partial charge is 0.492 e. The van der Waals surface area contributed by atoms with Gasteiger partial charge in [-0.05, 0) is 37.3 Å².